The maximum absolute atomic E-state index is 11.8. The monoisotopic (exact) mass is 281 g/mol. The van der Waals surface area contributed by atoms with Crippen LogP contribution in [0.4, 0.5) is 13.2 Å². The molecular formula is C10H7ClF3NOS. The maximum atomic E-state index is 11.8. The van der Waals surface area contributed by atoms with Gasteiger partial charge in [0.25, 0.3) is 0 Å². The molecule has 0 unspecified atom stereocenters. The summed E-state index contributed by atoms with van der Waals surface area (Å²) in [6, 6.07) is 6.40. The van der Waals surface area contributed by atoms with Crippen LogP contribution in [0, 0.1) is 11.3 Å². The summed E-state index contributed by atoms with van der Waals surface area (Å²) in [4.78, 5) is 0. The molecule has 0 fully saturated rings. The van der Waals surface area contributed by atoms with Gasteiger partial charge in [0, 0.05) is 5.75 Å². The summed E-state index contributed by atoms with van der Waals surface area (Å²) >= 11 is 5.56. The van der Waals surface area contributed by atoms with Crippen molar-refractivity contribution in [3.8, 4) is 11.8 Å². The average molecular weight is 282 g/mol. The van der Waals surface area contributed by atoms with Crippen LogP contribution < -0.4 is 4.74 Å². The SMILES string of the molecule is N#Cc1c(Cl)cccc1OCCSC(F)(F)F. The topological polar surface area (TPSA) is 33.0 Å². The van der Waals surface area contributed by atoms with Crippen molar-refractivity contribution in [1.82, 2.24) is 0 Å². The molecule has 1 aromatic carbocycles. The summed E-state index contributed by atoms with van der Waals surface area (Å²) < 4.78 is 40.6. The lowest BCUT2D eigenvalue weighted by atomic mass is 10.2. The zero-order valence-electron chi connectivity index (χ0n) is 8.42. The minimum Gasteiger partial charge on any atom is -0.491 e. The number of ether oxygens (including phenoxy) is 1. The van der Waals surface area contributed by atoms with Crippen LogP contribution in [0.5, 0.6) is 5.75 Å². The Labute approximate surface area is 105 Å². The van der Waals surface area contributed by atoms with E-state index in [9.17, 15) is 13.2 Å². The maximum Gasteiger partial charge on any atom is 0.441 e. The van der Waals surface area contributed by atoms with E-state index in [1.54, 1.807) is 6.07 Å². The number of halogens is 4. The van der Waals surface area contributed by atoms with E-state index in [0.29, 0.717) is 0 Å². The van der Waals surface area contributed by atoms with Crippen LogP contribution in [0.2, 0.25) is 5.02 Å². The van der Waals surface area contributed by atoms with Gasteiger partial charge in [0.1, 0.15) is 17.4 Å². The molecule has 7 heteroatoms. The number of nitrogens with zero attached hydrogens (tertiary/aromatic N) is 1. The third-order valence-electron chi connectivity index (χ3n) is 1.69. The normalized spacial score (nSPS) is 11.0. The van der Waals surface area contributed by atoms with E-state index in [4.69, 9.17) is 21.6 Å². The van der Waals surface area contributed by atoms with E-state index in [0.717, 1.165) is 0 Å². The molecule has 17 heavy (non-hydrogen) atoms. The number of nitriles is 1. The molecule has 0 aliphatic carbocycles. The van der Waals surface area contributed by atoms with Crippen LogP contribution in [0.1, 0.15) is 5.56 Å². The van der Waals surface area contributed by atoms with Crippen LogP contribution in [-0.2, 0) is 0 Å². The molecule has 0 aliphatic heterocycles. The summed E-state index contributed by atoms with van der Waals surface area (Å²) in [5.74, 6) is -0.0382. The van der Waals surface area contributed by atoms with Crippen molar-refractivity contribution >= 4 is 23.4 Å². The van der Waals surface area contributed by atoms with Gasteiger partial charge >= 0.3 is 5.51 Å². The number of thioether (sulfide) groups is 1. The molecule has 1 rings (SSSR count). The first-order valence-electron chi connectivity index (χ1n) is 4.46. The van der Waals surface area contributed by atoms with E-state index < -0.39 is 5.51 Å². The van der Waals surface area contributed by atoms with Crippen molar-refractivity contribution in [1.29, 1.82) is 5.26 Å². The van der Waals surface area contributed by atoms with E-state index in [2.05, 4.69) is 0 Å². The van der Waals surface area contributed by atoms with Crippen molar-refractivity contribution in [2.45, 2.75) is 5.51 Å². The van der Waals surface area contributed by atoms with Crippen LogP contribution in [0.15, 0.2) is 18.2 Å². The highest BCUT2D eigenvalue weighted by Gasteiger charge is 2.27. The zero-order chi connectivity index (χ0) is 12.9. The van der Waals surface area contributed by atoms with Crippen LogP contribution in [0.3, 0.4) is 0 Å². The predicted octanol–water partition coefficient (Wildman–Crippen LogP) is 3.84. The Hall–Kier alpha value is -1.06. The summed E-state index contributed by atoms with van der Waals surface area (Å²) in [7, 11) is 0. The van der Waals surface area contributed by atoms with Gasteiger partial charge in [-0.1, -0.05) is 17.7 Å². The van der Waals surface area contributed by atoms with Gasteiger partial charge in [0.2, 0.25) is 0 Å². The average Bonchev–Trinajstić information content (AvgIpc) is 2.23. The van der Waals surface area contributed by atoms with Gasteiger partial charge < -0.3 is 4.74 Å². The Morgan fingerprint density at radius 1 is 1.41 bits per heavy atom. The van der Waals surface area contributed by atoms with Crippen molar-refractivity contribution in [2.24, 2.45) is 0 Å². The summed E-state index contributed by atoms with van der Waals surface area (Å²) in [5.41, 5.74) is -4.14. The summed E-state index contributed by atoms with van der Waals surface area (Å²) in [6.45, 7) is -0.140. The largest absolute Gasteiger partial charge is 0.491 e. The van der Waals surface area contributed by atoms with Gasteiger partial charge in [0.15, 0.2) is 0 Å². The first-order chi connectivity index (χ1) is 7.94. The predicted molar refractivity (Wildman–Crippen MR) is 60.2 cm³/mol. The zero-order valence-corrected chi connectivity index (χ0v) is 9.99. The highest BCUT2D eigenvalue weighted by atomic mass is 35.5. The second-order valence-electron chi connectivity index (χ2n) is 2.87. The molecule has 2 nitrogen and oxygen atoms in total. The number of alkyl halides is 3. The van der Waals surface area contributed by atoms with Crippen LogP contribution >= 0.6 is 23.4 Å². The van der Waals surface area contributed by atoms with Crippen molar-refractivity contribution in [3.63, 3.8) is 0 Å². The van der Waals surface area contributed by atoms with Crippen LogP contribution in [0.25, 0.3) is 0 Å². The number of hydrogen-bond donors (Lipinski definition) is 0. The minimum absolute atomic E-state index is 0.131. The molecule has 0 atom stereocenters. The molecular weight excluding hydrogens is 275 g/mol. The third-order valence-corrected chi connectivity index (χ3v) is 2.71. The van der Waals surface area contributed by atoms with Gasteiger partial charge in [-0.15, -0.1) is 0 Å². The Balaban J connectivity index is 2.53. The smallest absolute Gasteiger partial charge is 0.441 e. The van der Waals surface area contributed by atoms with E-state index in [1.165, 1.54) is 12.1 Å². The van der Waals surface area contributed by atoms with Crippen molar-refractivity contribution < 1.29 is 17.9 Å². The molecule has 0 bridgehead atoms. The molecule has 0 aliphatic rings. The lowest BCUT2D eigenvalue weighted by Gasteiger charge is -2.09. The first-order valence-corrected chi connectivity index (χ1v) is 5.82. The molecule has 0 radical (unpaired) electrons. The molecule has 1 aromatic rings. The highest BCUT2D eigenvalue weighted by molar-refractivity contribution is 8.00. The van der Waals surface area contributed by atoms with E-state index in [-0.39, 0.29) is 40.5 Å². The number of hydrogen-bond acceptors (Lipinski definition) is 3. The molecule has 0 spiro atoms. The number of rotatable bonds is 4. The van der Waals surface area contributed by atoms with E-state index >= 15 is 0 Å². The van der Waals surface area contributed by atoms with Crippen molar-refractivity contribution in [2.75, 3.05) is 12.4 Å². The lowest BCUT2D eigenvalue weighted by molar-refractivity contribution is -0.0329. The molecule has 0 saturated heterocycles. The standard InChI is InChI=1S/C10H7ClF3NOS/c11-8-2-1-3-9(7(8)6-15)16-4-5-17-10(12,13)14/h1-3H,4-5H2. The fourth-order valence-corrected chi connectivity index (χ4v) is 1.65. The van der Waals surface area contributed by atoms with Crippen molar-refractivity contribution in [3.05, 3.63) is 28.8 Å². The second kappa shape index (κ2) is 6.03. The van der Waals surface area contributed by atoms with Crippen LogP contribution in [-0.4, -0.2) is 17.9 Å². The first kappa shape index (κ1) is 14.0. The third kappa shape index (κ3) is 4.75. The van der Waals surface area contributed by atoms with Gasteiger partial charge in [-0.2, -0.15) is 18.4 Å². The molecule has 0 aromatic heterocycles. The van der Waals surface area contributed by atoms with E-state index in [1.807, 2.05) is 6.07 Å². The number of benzene rings is 1. The quantitative estimate of drug-likeness (QED) is 0.786. The fraction of sp³-hybridized carbons (Fsp3) is 0.300. The molecule has 0 amide bonds. The minimum atomic E-state index is -4.27. The lowest BCUT2D eigenvalue weighted by Crippen LogP contribution is -2.08. The Morgan fingerprint density at radius 2 is 2.12 bits per heavy atom. The highest BCUT2D eigenvalue weighted by Crippen LogP contribution is 2.30. The van der Waals surface area contributed by atoms with Gasteiger partial charge in [-0.05, 0) is 23.9 Å². The molecule has 92 valence electrons. The molecule has 0 heterocycles. The Morgan fingerprint density at radius 3 is 2.71 bits per heavy atom. The summed E-state index contributed by atoms with van der Waals surface area (Å²) in [5, 5.41) is 9.00. The second-order valence-corrected chi connectivity index (χ2v) is 4.43. The Kier molecular flexibility index (Phi) is 4.97. The molecule has 0 saturated carbocycles. The molecule has 0 N–H and O–H groups in total. The Bertz CT molecular complexity index is 431. The van der Waals surface area contributed by atoms with Gasteiger partial charge in [-0.25, -0.2) is 0 Å². The fourth-order valence-electron chi connectivity index (χ4n) is 1.04. The van der Waals surface area contributed by atoms with Gasteiger partial charge in [-0.3, -0.25) is 0 Å². The van der Waals surface area contributed by atoms with Gasteiger partial charge in [0.05, 0.1) is 11.6 Å². The summed E-state index contributed by atoms with van der Waals surface area (Å²) in [6.07, 6.45) is 0.